The predicted octanol–water partition coefficient (Wildman–Crippen LogP) is 0.239. The van der Waals surface area contributed by atoms with Crippen molar-refractivity contribution in [3.63, 3.8) is 0 Å². The maximum Gasteiger partial charge on any atom is 0.234 e. The van der Waals surface area contributed by atoms with Crippen molar-refractivity contribution < 1.29 is 7.26 Å². The van der Waals surface area contributed by atoms with Gasteiger partial charge in [0.05, 0.1) is 5.41 Å². The molecule has 0 aromatic carbocycles. The number of hydrogen-bond donors (Lipinski definition) is 1. The van der Waals surface area contributed by atoms with Crippen molar-refractivity contribution in [2.24, 2.45) is 5.92 Å². The molecule has 1 aliphatic heterocycles. The number of piperidine rings is 1. The highest BCUT2D eigenvalue weighted by atomic mass is 16.5. The maximum absolute atomic E-state index is 7.86. The minimum Gasteiger partial charge on any atom is -0.339 e. The highest BCUT2D eigenvalue weighted by Gasteiger charge is 2.62. The van der Waals surface area contributed by atoms with Crippen molar-refractivity contribution in [3.8, 4) is 0 Å². The van der Waals surface area contributed by atoms with E-state index in [4.69, 9.17) is 7.26 Å². The van der Waals surface area contributed by atoms with Gasteiger partial charge in [-0.1, -0.05) is 5.16 Å². The first-order chi connectivity index (χ1) is 6.59. The normalized spacial score (nSPS) is 44.9. The summed E-state index contributed by atoms with van der Waals surface area (Å²) in [5.41, 5.74) is -0.547. The highest BCUT2D eigenvalue weighted by Crippen LogP contribution is 2.55. The lowest BCUT2D eigenvalue weighted by Gasteiger charge is -2.02. The highest BCUT2D eigenvalue weighted by molar-refractivity contribution is 5.25. The molecule has 2 heterocycles. The number of aryl methyl sites for hydroxylation is 1. The first-order valence-corrected chi connectivity index (χ1v) is 4.10. The van der Waals surface area contributed by atoms with Gasteiger partial charge in [0.15, 0.2) is 5.82 Å². The van der Waals surface area contributed by atoms with Crippen molar-refractivity contribution in [1.82, 2.24) is 15.5 Å². The monoisotopic (exact) mass is 167 g/mol. The fourth-order valence-electron chi connectivity index (χ4n) is 1.85. The van der Waals surface area contributed by atoms with E-state index in [-0.39, 0.29) is 5.92 Å². The summed E-state index contributed by atoms with van der Waals surface area (Å²) in [7, 11) is 0. The Kier molecular flexibility index (Phi) is 0.777. The third-order valence-corrected chi connectivity index (χ3v) is 2.60. The van der Waals surface area contributed by atoms with Crippen molar-refractivity contribution in [2.75, 3.05) is 13.1 Å². The van der Waals surface area contributed by atoms with Crippen LogP contribution in [0.1, 0.15) is 20.8 Å². The molecule has 1 aliphatic carbocycles. The average Bonchev–Trinajstić information content (AvgIpc) is 2.59. The van der Waals surface area contributed by atoms with Gasteiger partial charge >= 0.3 is 0 Å². The van der Waals surface area contributed by atoms with Crippen LogP contribution >= 0.6 is 0 Å². The third kappa shape index (κ3) is 0.659. The molecule has 1 aromatic heterocycles. The molecule has 4 nitrogen and oxygen atoms in total. The second-order valence-corrected chi connectivity index (χ2v) is 3.45. The lowest BCUT2D eigenvalue weighted by Crippen LogP contribution is -2.19. The molecule has 3 rings (SSSR count). The van der Waals surface area contributed by atoms with Crippen LogP contribution in [0.15, 0.2) is 4.52 Å². The molecule has 64 valence electrons. The fraction of sp³-hybridized carbons (Fsp3) is 0.750. The first-order valence-electron chi connectivity index (χ1n) is 5.10. The lowest BCUT2D eigenvalue weighted by molar-refractivity contribution is 0.343. The zero-order valence-corrected chi connectivity index (χ0v) is 6.79. The van der Waals surface area contributed by atoms with Gasteiger partial charge in [0.25, 0.3) is 0 Å². The molecule has 0 spiro atoms. The molecule has 1 N–H and O–H groups in total. The summed E-state index contributed by atoms with van der Waals surface area (Å²) in [5, 5.41) is 6.88. The van der Waals surface area contributed by atoms with Crippen LogP contribution in [0.4, 0.5) is 0 Å². The lowest BCUT2D eigenvalue weighted by atomic mass is 10.1. The Morgan fingerprint density at radius 2 is 2.75 bits per heavy atom. The molecule has 2 fully saturated rings. The minimum atomic E-state index is -1.18. The van der Waals surface area contributed by atoms with Crippen molar-refractivity contribution >= 4 is 0 Å². The van der Waals surface area contributed by atoms with Crippen LogP contribution < -0.4 is 5.32 Å². The van der Waals surface area contributed by atoms with E-state index >= 15 is 0 Å². The predicted molar refractivity (Wildman–Crippen MR) is 41.7 cm³/mol. The van der Waals surface area contributed by atoms with Gasteiger partial charge < -0.3 is 9.84 Å². The first kappa shape index (κ1) is 4.97. The van der Waals surface area contributed by atoms with Crippen LogP contribution in [-0.2, 0) is 5.41 Å². The van der Waals surface area contributed by atoms with E-state index in [0.717, 1.165) is 0 Å². The molecule has 0 amide bonds. The maximum atomic E-state index is 7.86. The van der Waals surface area contributed by atoms with Crippen LogP contribution in [0, 0.1) is 12.8 Å². The molecule has 2 atom stereocenters. The van der Waals surface area contributed by atoms with Crippen LogP contribution in [0.25, 0.3) is 0 Å². The van der Waals surface area contributed by atoms with E-state index in [0.29, 0.717) is 24.8 Å². The van der Waals surface area contributed by atoms with E-state index < -0.39 is 11.8 Å². The summed E-state index contributed by atoms with van der Waals surface area (Å²) in [6.45, 7) is 3.06. The van der Waals surface area contributed by atoms with Crippen LogP contribution in [0.5, 0.6) is 0 Å². The van der Waals surface area contributed by atoms with Gasteiger partial charge in [-0.2, -0.15) is 4.98 Å². The van der Waals surface area contributed by atoms with Crippen LogP contribution in [0.2, 0.25) is 0 Å². The Morgan fingerprint density at radius 1 is 1.83 bits per heavy atom. The third-order valence-electron chi connectivity index (χ3n) is 2.60. The standard InChI is InChI=1S/C8H11N3O/c1-5-10-7(12-11-5)8-2-6(8)3-9-4-8/h6,9H,2-4H2,1H3/t6-,8-/m0/s1/i2D2. The number of rotatable bonds is 1. The Balaban J connectivity index is 2.06. The van der Waals surface area contributed by atoms with E-state index in [1.165, 1.54) is 0 Å². The summed E-state index contributed by atoms with van der Waals surface area (Å²) >= 11 is 0. The van der Waals surface area contributed by atoms with Gasteiger partial charge in [-0.15, -0.1) is 0 Å². The summed E-state index contributed by atoms with van der Waals surface area (Å²) in [4.78, 5) is 4.14. The van der Waals surface area contributed by atoms with Crippen LogP contribution in [0.3, 0.4) is 0 Å². The Labute approximate surface area is 73.2 Å². The number of nitrogens with one attached hydrogen (secondary N) is 1. The Bertz CT molecular complexity index is 392. The summed E-state index contributed by atoms with van der Waals surface area (Å²) in [6, 6.07) is 0. The number of hydrogen-bond acceptors (Lipinski definition) is 4. The fourth-order valence-corrected chi connectivity index (χ4v) is 1.85. The second kappa shape index (κ2) is 1.88. The smallest absolute Gasteiger partial charge is 0.234 e. The van der Waals surface area contributed by atoms with Gasteiger partial charge in [-0.3, -0.25) is 0 Å². The molecule has 0 bridgehead atoms. The van der Waals surface area contributed by atoms with E-state index in [1.807, 2.05) is 0 Å². The molecule has 1 saturated heterocycles. The van der Waals surface area contributed by atoms with Crippen molar-refractivity contribution in [2.45, 2.75) is 18.7 Å². The summed E-state index contributed by atoms with van der Waals surface area (Å²) < 4.78 is 20.8. The van der Waals surface area contributed by atoms with Gasteiger partial charge in [0.2, 0.25) is 5.89 Å². The van der Waals surface area contributed by atoms with Crippen LogP contribution in [-0.4, -0.2) is 23.2 Å². The largest absolute Gasteiger partial charge is 0.339 e. The van der Waals surface area contributed by atoms with E-state index in [9.17, 15) is 0 Å². The van der Waals surface area contributed by atoms with Crippen molar-refractivity contribution in [1.29, 1.82) is 0 Å². The Hall–Kier alpha value is -0.900. The van der Waals surface area contributed by atoms with Gasteiger partial charge in [-0.25, -0.2) is 0 Å². The molecule has 0 unspecified atom stereocenters. The van der Waals surface area contributed by atoms with Gasteiger partial charge in [-0.05, 0) is 25.8 Å². The molecular formula is C8H11N3O. The topological polar surface area (TPSA) is 51.0 Å². The minimum absolute atomic E-state index is 0.00477. The number of fused-ring (bicyclic) bond motifs is 1. The van der Waals surface area contributed by atoms with Crippen molar-refractivity contribution in [3.05, 3.63) is 11.7 Å². The molecule has 2 aliphatic rings. The molecule has 4 heteroatoms. The van der Waals surface area contributed by atoms with E-state index in [1.54, 1.807) is 6.92 Å². The second-order valence-electron chi connectivity index (χ2n) is 3.45. The van der Waals surface area contributed by atoms with E-state index in [2.05, 4.69) is 15.5 Å². The zero-order valence-electron chi connectivity index (χ0n) is 8.79. The molecule has 1 aromatic rings. The zero-order chi connectivity index (χ0) is 9.97. The Morgan fingerprint density at radius 3 is 3.33 bits per heavy atom. The average molecular weight is 167 g/mol. The summed E-state index contributed by atoms with van der Waals surface area (Å²) in [5.74, 6) is 1.02. The molecular weight excluding hydrogens is 154 g/mol. The van der Waals surface area contributed by atoms with Gasteiger partial charge in [0, 0.05) is 9.29 Å². The SMILES string of the molecule is [2H]C1([2H])[C@H]2CNC[C@]21c1nc(C)no1. The molecule has 12 heavy (non-hydrogen) atoms. The molecule has 0 radical (unpaired) electrons. The number of nitrogens with zero attached hydrogens (tertiary/aromatic N) is 2. The number of aromatic nitrogens is 2. The quantitative estimate of drug-likeness (QED) is 0.651. The summed E-state index contributed by atoms with van der Waals surface area (Å²) in [6.07, 6.45) is -1.18. The van der Waals surface area contributed by atoms with Gasteiger partial charge in [0.1, 0.15) is 0 Å². The molecule has 1 saturated carbocycles.